The summed E-state index contributed by atoms with van der Waals surface area (Å²) < 4.78 is 56.1. The van der Waals surface area contributed by atoms with Gasteiger partial charge in [0.05, 0.1) is 30.6 Å². The van der Waals surface area contributed by atoms with Gasteiger partial charge in [0.2, 0.25) is 0 Å². The van der Waals surface area contributed by atoms with E-state index in [2.05, 4.69) is 20.1 Å². The van der Waals surface area contributed by atoms with Crippen LogP contribution in [0.3, 0.4) is 0 Å². The summed E-state index contributed by atoms with van der Waals surface area (Å²) >= 11 is 1.89. The number of alkyl halides is 3. The number of nitrogens with zero attached hydrogens (tertiary/aromatic N) is 3. The zero-order valence-electron chi connectivity index (χ0n) is 14.3. The lowest BCUT2D eigenvalue weighted by atomic mass is 10.2. The highest BCUT2D eigenvalue weighted by Crippen LogP contribution is 2.34. The van der Waals surface area contributed by atoms with Crippen LogP contribution in [0.25, 0.3) is 5.52 Å². The minimum absolute atomic E-state index is 0.0905. The molecule has 0 spiro atoms. The molecule has 0 bridgehead atoms. The molecule has 0 atom stereocenters. The van der Waals surface area contributed by atoms with Crippen molar-refractivity contribution in [1.82, 2.24) is 19.8 Å². The Morgan fingerprint density at radius 3 is 2.76 bits per heavy atom. The molecule has 0 aliphatic rings. The lowest BCUT2D eigenvalue weighted by Crippen LogP contribution is -2.29. The van der Waals surface area contributed by atoms with E-state index in [1.54, 1.807) is 6.07 Å². The molecular weight excluding hydrogens is 513 g/mol. The van der Waals surface area contributed by atoms with E-state index in [0.717, 1.165) is 16.9 Å². The van der Waals surface area contributed by atoms with E-state index in [0.29, 0.717) is 3.57 Å². The lowest BCUT2D eigenvalue weighted by Gasteiger charge is -2.17. The second kappa shape index (κ2) is 8.46. The molecule has 0 aliphatic carbocycles. The van der Waals surface area contributed by atoms with Crippen LogP contribution in [0.5, 0.6) is 0 Å². The Balaban J connectivity index is 2.16. The predicted octanol–water partition coefficient (Wildman–Crippen LogP) is 2.89. The first kappa shape index (κ1) is 21.2. The molecule has 29 heavy (non-hydrogen) atoms. The first-order valence-corrected chi connectivity index (χ1v) is 8.98. The van der Waals surface area contributed by atoms with Crippen molar-refractivity contribution in [2.75, 3.05) is 18.5 Å². The number of anilines is 2. The number of benzene rings is 1. The van der Waals surface area contributed by atoms with Crippen molar-refractivity contribution in [3.05, 3.63) is 51.5 Å². The van der Waals surface area contributed by atoms with E-state index in [1.165, 1.54) is 12.1 Å². The lowest BCUT2D eigenvalue weighted by molar-refractivity contribution is -0.140. The Kier molecular flexibility index (Phi) is 6.18. The van der Waals surface area contributed by atoms with Gasteiger partial charge in [-0.25, -0.2) is 19.8 Å². The largest absolute Gasteiger partial charge is 0.435 e. The molecule has 0 saturated carbocycles. The summed E-state index contributed by atoms with van der Waals surface area (Å²) in [6, 6.07) is 4.13. The number of rotatable bonds is 6. The Morgan fingerprint density at radius 2 is 2.10 bits per heavy atom. The molecule has 8 nitrogen and oxygen atoms in total. The third-order valence-electron chi connectivity index (χ3n) is 3.60. The summed E-state index contributed by atoms with van der Waals surface area (Å²) in [4.78, 5) is 24.2. The van der Waals surface area contributed by atoms with Gasteiger partial charge in [0, 0.05) is 3.57 Å². The second-order valence-corrected chi connectivity index (χ2v) is 6.80. The summed E-state index contributed by atoms with van der Waals surface area (Å²) in [5.41, 5.74) is -0.695. The molecular formula is C16H12F4IN5O3. The quantitative estimate of drug-likeness (QED) is 0.198. The number of halogens is 5. The Hall–Kier alpha value is -2.52. The van der Waals surface area contributed by atoms with Crippen LogP contribution in [0, 0.1) is 9.39 Å². The number of imidazole rings is 1. The van der Waals surface area contributed by atoms with E-state index >= 15 is 0 Å². The van der Waals surface area contributed by atoms with E-state index in [4.69, 9.17) is 5.11 Å². The zero-order valence-corrected chi connectivity index (χ0v) is 16.5. The maximum atomic E-state index is 14.3. The van der Waals surface area contributed by atoms with Crippen molar-refractivity contribution in [3.63, 3.8) is 0 Å². The van der Waals surface area contributed by atoms with E-state index in [1.807, 2.05) is 28.1 Å². The van der Waals surface area contributed by atoms with Gasteiger partial charge < -0.3 is 10.4 Å². The zero-order chi connectivity index (χ0) is 21.2. The number of hydrogen-bond acceptors (Lipinski definition) is 6. The van der Waals surface area contributed by atoms with Gasteiger partial charge >= 0.3 is 6.18 Å². The standard InChI is InChI=1S/C16H12F4IN5O3/c17-9-5-8(21)1-2-10(9)23-14-12(15(28)25-29-4-3-27)24-13(16(18,19)20)11-6-22-7-26(11)14/h1-2,5-7,23,27H,3-4H2,(H,25,28). The van der Waals surface area contributed by atoms with Gasteiger partial charge in [-0.1, -0.05) is 0 Å². The first-order chi connectivity index (χ1) is 13.7. The molecule has 13 heteroatoms. The molecule has 3 rings (SSSR count). The van der Waals surface area contributed by atoms with Gasteiger partial charge in [0.15, 0.2) is 11.4 Å². The van der Waals surface area contributed by atoms with Crippen LogP contribution in [-0.2, 0) is 11.0 Å². The minimum atomic E-state index is -4.88. The average molecular weight is 525 g/mol. The highest BCUT2D eigenvalue weighted by atomic mass is 127. The number of carbonyl (C=O) groups is 1. The molecule has 1 aromatic carbocycles. The Labute approximate surface area is 174 Å². The summed E-state index contributed by atoms with van der Waals surface area (Å²) in [6.07, 6.45) is -2.92. The number of hydrogen-bond donors (Lipinski definition) is 3. The Morgan fingerprint density at radius 1 is 1.34 bits per heavy atom. The first-order valence-electron chi connectivity index (χ1n) is 7.90. The van der Waals surface area contributed by atoms with E-state index in [9.17, 15) is 22.4 Å². The van der Waals surface area contributed by atoms with Crippen LogP contribution >= 0.6 is 22.6 Å². The summed E-state index contributed by atoms with van der Waals surface area (Å²) in [5.74, 6) is -2.07. The smallest absolute Gasteiger partial charge is 0.394 e. The fourth-order valence-corrected chi connectivity index (χ4v) is 2.85. The number of hydroxylamine groups is 1. The number of amides is 1. The van der Waals surface area contributed by atoms with Crippen LogP contribution in [-0.4, -0.2) is 38.6 Å². The number of aromatic nitrogens is 3. The van der Waals surface area contributed by atoms with Crippen LogP contribution in [0.4, 0.5) is 29.1 Å². The van der Waals surface area contributed by atoms with Crippen molar-refractivity contribution in [1.29, 1.82) is 0 Å². The SMILES string of the molecule is O=C(NOCCO)c1nc(C(F)(F)F)c2cncn2c1Nc1ccc(I)cc1F. The molecule has 0 fully saturated rings. The number of nitrogens with one attached hydrogen (secondary N) is 2. The number of carbonyl (C=O) groups excluding carboxylic acids is 1. The third kappa shape index (κ3) is 4.56. The van der Waals surface area contributed by atoms with Crippen molar-refractivity contribution in [3.8, 4) is 0 Å². The minimum Gasteiger partial charge on any atom is -0.394 e. The topological polar surface area (TPSA) is 101 Å². The summed E-state index contributed by atoms with van der Waals surface area (Å²) in [7, 11) is 0. The fourth-order valence-electron chi connectivity index (χ4n) is 2.40. The second-order valence-electron chi connectivity index (χ2n) is 5.56. The van der Waals surface area contributed by atoms with Gasteiger partial charge in [-0.2, -0.15) is 13.2 Å². The molecule has 154 valence electrons. The monoisotopic (exact) mass is 525 g/mol. The van der Waals surface area contributed by atoms with E-state index < -0.39 is 41.4 Å². The number of aliphatic hydroxyl groups is 1. The third-order valence-corrected chi connectivity index (χ3v) is 4.27. The summed E-state index contributed by atoms with van der Waals surface area (Å²) in [6.45, 7) is -0.721. The number of aliphatic hydroxyl groups excluding tert-OH is 1. The molecule has 0 radical (unpaired) electrons. The highest BCUT2D eigenvalue weighted by Gasteiger charge is 2.37. The van der Waals surface area contributed by atoms with Crippen molar-refractivity contribution in [2.45, 2.75) is 6.18 Å². The molecule has 2 heterocycles. The molecule has 2 aromatic heterocycles. The number of fused-ring (bicyclic) bond motifs is 1. The average Bonchev–Trinajstić information content (AvgIpc) is 3.12. The van der Waals surface area contributed by atoms with Gasteiger partial charge in [0.25, 0.3) is 5.91 Å². The van der Waals surface area contributed by atoms with E-state index in [-0.39, 0.29) is 18.1 Å². The molecule has 0 unspecified atom stereocenters. The van der Waals surface area contributed by atoms with Crippen LogP contribution in [0.15, 0.2) is 30.7 Å². The van der Waals surface area contributed by atoms with Gasteiger partial charge in [0.1, 0.15) is 18.0 Å². The van der Waals surface area contributed by atoms with Crippen molar-refractivity contribution in [2.24, 2.45) is 0 Å². The Bertz CT molecular complexity index is 1060. The van der Waals surface area contributed by atoms with Crippen LogP contribution in [0.1, 0.15) is 16.2 Å². The summed E-state index contributed by atoms with van der Waals surface area (Å²) in [5, 5.41) is 11.3. The fraction of sp³-hybridized carbons (Fsp3) is 0.188. The molecule has 3 N–H and O–H groups in total. The predicted molar refractivity (Wildman–Crippen MR) is 101 cm³/mol. The van der Waals surface area contributed by atoms with Crippen molar-refractivity contribution < 1.29 is 32.3 Å². The highest BCUT2D eigenvalue weighted by molar-refractivity contribution is 14.1. The normalized spacial score (nSPS) is 11.7. The van der Waals surface area contributed by atoms with Crippen LogP contribution in [0.2, 0.25) is 0 Å². The van der Waals surface area contributed by atoms with Gasteiger partial charge in [-0.05, 0) is 40.8 Å². The molecule has 3 aromatic rings. The molecule has 0 aliphatic heterocycles. The maximum Gasteiger partial charge on any atom is 0.435 e. The molecule has 0 saturated heterocycles. The van der Waals surface area contributed by atoms with Gasteiger partial charge in [-0.3, -0.25) is 14.0 Å². The van der Waals surface area contributed by atoms with Gasteiger partial charge in [-0.15, -0.1) is 0 Å². The van der Waals surface area contributed by atoms with Crippen LogP contribution < -0.4 is 10.8 Å². The van der Waals surface area contributed by atoms with Crippen molar-refractivity contribution >= 4 is 45.5 Å². The maximum absolute atomic E-state index is 14.3. The molecule has 1 amide bonds.